The molecule has 1 aromatic heterocycles. The lowest BCUT2D eigenvalue weighted by atomic mass is 10.2. The van der Waals surface area contributed by atoms with Gasteiger partial charge in [0.15, 0.2) is 0 Å². The molecule has 0 saturated heterocycles. The van der Waals surface area contributed by atoms with E-state index in [1.54, 1.807) is 24.3 Å². The molecule has 2 aromatic carbocycles. The first-order valence-electron chi connectivity index (χ1n) is 5.90. The molecule has 0 unspecified atom stereocenters. The van der Waals surface area contributed by atoms with Gasteiger partial charge in [-0.25, -0.2) is 0 Å². The maximum absolute atomic E-state index is 9.36. The molecule has 19 heavy (non-hydrogen) atoms. The van der Waals surface area contributed by atoms with Crippen LogP contribution in [0.1, 0.15) is 5.69 Å². The molecule has 96 valence electrons. The number of aromatic hydroxyl groups is 1. The van der Waals surface area contributed by atoms with Gasteiger partial charge in [-0.3, -0.25) is 0 Å². The number of ether oxygens (including phenoxy) is 1. The predicted octanol–water partition coefficient (Wildman–Crippen LogP) is 4.11. The first-order chi connectivity index (χ1) is 9.22. The van der Waals surface area contributed by atoms with Crippen LogP contribution < -0.4 is 4.74 Å². The third-order valence-electron chi connectivity index (χ3n) is 2.87. The highest BCUT2D eigenvalue weighted by Gasteiger charge is 2.04. The molecule has 3 nitrogen and oxygen atoms in total. The van der Waals surface area contributed by atoms with E-state index in [1.165, 1.54) is 0 Å². The van der Waals surface area contributed by atoms with Gasteiger partial charge in [0.1, 0.15) is 18.1 Å². The monoisotopic (exact) mass is 273 g/mol. The summed E-state index contributed by atoms with van der Waals surface area (Å²) in [6.45, 7) is 0.397. The van der Waals surface area contributed by atoms with Crippen molar-refractivity contribution in [3.05, 3.63) is 59.2 Å². The number of aromatic amines is 1. The molecule has 3 rings (SSSR count). The minimum atomic E-state index is 0.192. The van der Waals surface area contributed by atoms with Crippen LogP contribution in [0.15, 0.2) is 48.5 Å². The van der Waals surface area contributed by atoms with E-state index in [-0.39, 0.29) is 5.75 Å². The van der Waals surface area contributed by atoms with E-state index < -0.39 is 0 Å². The van der Waals surface area contributed by atoms with Crippen molar-refractivity contribution in [3.8, 4) is 11.5 Å². The van der Waals surface area contributed by atoms with Crippen LogP contribution in [0.2, 0.25) is 5.02 Å². The number of phenolic OH excluding ortho intramolecular Hbond substituents is 1. The minimum absolute atomic E-state index is 0.192. The number of benzene rings is 2. The summed E-state index contributed by atoms with van der Waals surface area (Å²) in [6.07, 6.45) is 0. The van der Waals surface area contributed by atoms with Gasteiger partial charge in [-0.2, -0.15) is 0 Å². The van der Waals surface area contributed by atoms with Gasteiger partial charge in [0.05, 0.1) is 16.2 Å². The molecular formula is C15H12ClNO2. The van der Waals surface area contributed by atoms with E-state index >= 15 is 0 Å². The van der Waals surface area contributed by atoms with Crippen molar-refractivity contribution in [1.29, 1.82) is 0 Å². The fraction of sp³-hybridized carbons (Fsp3) is 0.0667. The van der Waals surface area contributed by atoms with Crippen LogP contribution in [-0.2, 0) is 6.61 Å². The topological polar surface area (TPSA) is 45.2 Å². The standard InChI is InChI=1S/C15H12ClNO2/c16-14-6-1-3-10-7-11(17-15(10)14)9-19-13-5-2-4-12(18)8-13/h1-8,17-18H,9H2. The zero-order chi connectivity index (χ0) is 13.2. The van der Waals surface area contributed by atoms with Gasteiger partial charge in [-0.1, -0.05) is 29.8 Å². The molecule has 4 heteroatoms. The van der Waals surface area contributed by atoms with Crippen LogP contribution in [-0.4, -0.2) is 10.1 Å². The van der Waals surface area contributed by atoms with E-state index in [0.717, 1.165) is 16.6 Å². The van der Waals surface area contributed by atoms with Gasteiger partial charge in [-0.15, -0.1) is 0 Å². The third kappa shape index (κ3) is 2.51. The van der Waals surface area contributed by atoms with Crippen LogP contribution in [0.3, 0.4) is 0 Å². The Hall–Kier alpha value is -2.13. The second-order valence-electron chi connectivity index (χ2n) is 4.28. The zero-order valence-corrected chi connectivity index (χ0v) is 10.8. The molecule has 2 N–H and O–H groups in total. The van der Waals surface area contributed by atoms with E-state index in [0.29, 0.717) is 17.4 Å². The van der Waals surface area contributed by atoms with Gasteiger partial charge in [-0.05, 0) is 24.3 Å². The number of nitrogens with one attached hydrogen (secondary N) is 1. The summed E-state index contributed by atoms with van der Waals surface area (Å²) in [5, 5.41) is 11.1. The zero-order valence-electron chi connectivity index (χ0n) is 10.1. The molecule has 0 aliphatic heterocycles. The van der Waals surface area contributed by atoms with Crippen molar-refractivity contribution in [2.75, 3.05) is 0 Å². The van der Waals surface area contributed by atoms with E-state index in [9.17, 15) is 5.11 Å². The van der Waals surface area contributed by atoms with Gasteiger partial charge in [0, 0.05) is 11.5 Å². The summed E-state index contributed by atoms with van der Waals surface area (Å²) in [4.78, 5) is 3.23. The summed E-state index contributed by atoms with van der Waals surface area (Å²) in [7, 11) is 0. The molecule has 0 aliphatic carbocycles. The van der Waals surface area contributed by atoms with Crippen molar-refractivity contribution < 1.29 is 9.84 Å². The molecule has 0 aliphatic rings. The summed E-state index contributed by atoms with van der Waals surface area (Å²) in [5.74, 6) is 0.821. The average Bonchev–Trinajstić information content (AvgIpc) is 2.81. The molecule has 0 atom stereocenters. The van der Waals surface area contributed by atoms with Crippen LogP contribution in [0.25, 0.3) is 10.9 Å². The first kappa shape index (κ1) is 11.9. The Bertz CT molecular complexity index is 721. The van der Waals surface area contributed by atoms with Crippen molar-refractivity contribution in [2.24, 2.45) is 0 Å². The number of rotatable bonds is 3. The van der Waals surface area contributed by atoms with Crippen molar-refractivity contribution >= 4 is 22.5 Å². The fourth-order valence-electron chi connectivity index (χ4n) is 1.99. The summed E-state index contributed by atoms with van der Waals surface area (Å²) in [5.41, 5.74) is 1.85. The van der Waals surface area contributed by atoms with Gasteiger partial charge < -0.3 is 14.8 Å². The highest BCUT2D eigenvalue weighted by molar-refractivity contribution is 6.35. The second kappa shape index (κ2) is 4.86. The molecule has 0 spiro atoms. The Morgan fingerprint density at radius 3 is 2.74 bits per heavy atom. The largest absolute Gasteiger partial charge is 0.508 e. The van der Waals surface area contributed by atoms with Gasteiger partial charge >= 0.3 is 0 Å². The van der Waals surface area contributed by atoms with Crippen molar-refractivity contribution in [1.82, 2.24) is 4.98 Å². The Balaban J connectivity index is 1.80. The van der Waals surface area contributed by atoms with Gasteiger partial charge in [0.25, 0.3) is 0 Å². The highest BCUT2D eigenvalue weighted by atomic mass is 35.5. The summed E-state index contributed by atoms with van der Waals surface area (Å²) < 4.78 is 5.61. The van der Waals surface area contributed by atoms with E-state index in [1.807, 2.05) is 24.3 Å². The third-order valence-corrected chi connectivity index (χ3v) is 3.19. The Morgan fingerprint density at radius 2 is 1.95 bits per heavy atom. The number of phenols is 1. The summed E-state index contributed by atoms with van der Waals surface area (Å²) >= 11 is 6.10. The predicted molar refractivity (Wildman–Crippen MR) is 75.7 cm³/mol. The molecule has 0 amide bonds. The van der Waals surface area contributed by atoms with E-state index in [4.69, 9.17) is 16.3 Å². The highest BCUT2D eigenvalue weighted by Crippen LogP contribution is 2.24. The lowest BCUT2D eigenvalue weighted by molar-refractivity contribution is 0.300. The number of para-hydroxylation sites is 1. The number of fused-ring (bicyclic) bond motifs is 1. The second-order valence-corrected chi connectivity index (χ2v) is 4.69. The summed E-state index contributed by atoms with van der Waals surface area (Å²) in [6, 6.07) is 14.5. The molecule has 1 heterocycles. The molecule has 0 fully saturated rings. The van der Waals surface area contributed by atoms with E-state index in [2.05, 4.69) is 4.98 Å². The minimum Gasteiger partial charge on any atom is -0.508 e. The molecule has 0 radical (unpaired) electrons. The maximum atomic E-state index is 9.36. The Morgan fingerprint density at radius 1 is 1.11 bits per heavy atom. The number of hydrogen-bond acceptors (Lipinski definition) is 2. The average molecular weight is 274 g/mol. The Kier molecular flexibility index (Phi) is 3.05. The Labute approximate surface area is 115 Å². The maximum Gasteiger partial charge on any atom is 0.128 e. The number of halogens is 1. The molecule has 3 aromatic rings. The molecular weight excluding hydrogens is 262 g/mol. The number of aromatic nitrogens is 1. The van der Waals surface area contributed by atoms with Crippen LogP contribution in [0.4, 0.5) is 0 Å². The SMILES string of the molecule is Oc1cccc(OCc2cc3cccc(Cl)c3[nH]2)c1. The smallest absolute Gasteiger partial charge is 0.128 e. The van der Waals surface area contributed by atoms with Crippen LogP contribution in [0.5, 0.6) is 11.5 Å². The normalized spacial score (nSPS) is 10.8. The van der Waals surface area contributed by atoms with Crippen LogP contribution >= 0.6 is 11.6 Å². The lowest BCUT2D eigenvalue weighted by Crippen LogP contribution is -1.95. The fourth-order valence-corrected chi connectivity index (χ4v) is 2.22. The van der Waals surface area contributed by atoms with Crippen molar-refractivity contribution in [3.63, 3.8) is 0 Å². The molecule has 0 bridgehead atoms. The lowest BCUT2D eigenvalue weighted by Gasteiger charge is -2.04. The molecule has 0 saturated carbocycles. The quantitative estimate of drug-likeness (QED) is 0.754. The number of hydrogen-bond donors (Lipinski definition) is 2. The van der Waals surface area contributed by atoms with Crippen LogP contribution in [0, 0.1) is 0 Å². The first-order valence-corrected chi connectivity index (χ1v) is 6.28. The van der Waals surface area contributed by atoms with Crippen molar-refractivity contribution in [2.45, 2.75) is 6.61 Å². The van der Waals surface area contributed by atoms with Gasteiger partial charge in [0.2, 0.25) is 0 Å². The number of H-pyrrole nitrogens is 1.